The fraction of sp³-hybridized carbons (Fsp3) is 0.500. The number of hydrogen-bond donors (Lipinski definition) is 1. The Hall–Kier alpha value is -1.29. The molecule has 2 N–H and O–H groups in total. The van der Waals surface area contributed by atoms with Crippen LogP contribution in [0.5, 0.6) is 0 Å². The summed E-state index contributed by atoms with van der Waals surface area (Å²) < 4.78 is 5.14. The molecule has 1 saturated heterocycles. The van der Waals surface area contributed by atoms with E-state index in [4.69, 9.17) is 10.2 Å². The van der Waals surface area contributed by atoms with Crippen LogP contribution in [0, 0.1) is 0 Å². The van der Waals surface area contributed by atoms with Crippen molar-refractivity contribution in [1.29, 1.82) is 0 Å². The molecule has 14 heavy (non-hydrogen) atoms. The lowest BCUT2D eigenvalue weighted by Gasteiger charge is -2.16. The molecule has 1 aliphatic heterocycles. The molecule has 0 aliphatic carbocycles. The van der Waals surface area contributed by atoms with Crippen LogP contribution in [-0.2, 0) is 0 Å². The van der Waals surface area contributed by atoms with Gasteiger partial charge in [-0.25, -0.2) is 0 Å². The van der Waals surface area contributed by atoms with Crippen molar-refractivity contribution in [2.75, 3.05) is 18.0 Å². The van der Waals surface area contributed by atoms with E-state index in [1.807, 2.05) is 6.07 Å². The molecule has 4 nitrogen and oxygen atoms in total. The van der Waals surface area contributed by atoms with Crippen molar-refractivity contribution in [1.82, 2.24) is 0 Å². The van der Waals surface area contributed by atoms with Gasteiger partial charge in [0.15, 0.2) is 11.5 Å². The van der Waals surface area contributed by atoms with E-state index in [9.17, 15) is 4.79 Å². The van der Waals surface area contributed by atoms with Gasteiger partial charge < -0.3 is 15.1 Å². The Balaban J connectivity index is 2.23. The first-order valence-corrected chi connectivity index (χ1v) is 4.77. The van der Waals surface area contributed by atoms with Crippen LogP contribution in [0.25, 0.3) is 0 Å². The fourth-order valence-corrected chi connectivity index (χ4v) is 1.82. The van der Waals surface area contributed by atoms with Crippen LogP contribution >= 0.6 is 0 Å². The van der Waals surface area contributed by atoms with Crippen LogP contribution in [0.2, 0.25) is 0 Å². The maximum Gasteiger partial charge on any atom is 0.197 e. The molecule has 0 amide bonds. The molecule has 0 spiro atoms. The maximum absolute atomic E-state index is 11.2. The summed E-state index contributed by atoms with van der Waals surface area (Å²) in [6, 6.07) is 2.04. The first-order valence-electron chi connectivity index (χ1n) is 4.77. The van der Waals surface area contributed by atoms with Crippen molar-refractivity contribution < 1.29 is 9.21 Å². The number of Topliss-reactive ketones (excluding diaryl/α,β-unsaturated/α-hetero) is 1. The van der Waals surface area contributed by atoms with E-state index in [1.54, 1.807) is 6.26 Å². The number of nitrogens with zero attached hydrogens (tertiary/aromatic N) is 1. The number of anilines is 1. The second kappa shape index (κ2) is 3.46. The molecular weight excluding hydrogens is 180 g/mol. The van der Waals surface area contributed by atoms with Crippen LogP contribution in [0.15, 0.2) is 16.7 Å². The normalized spacial score (nSPS) is 21.6. The van der Waals surface area contributed by atoms with E-state index in [2.05, 4.69) is 4.90 Å². The summed E-state index contributed by atoms with van der Waals surface area (Å²) in [4.78, 5) is 13.3. The van der Waals surface area contributed by atoms with Crippen LogP contribution in [0.3, 0.4) is 0 Å². The molecule has 2 heterocycles. The Morgan fingerprint density at radius 2 is 2.50 bits per heavy atom. The van der Waals surface area contributed by atoms with Crippen molar-refractivity contribution in [2.24, 2.45) is 5.73 Å². The Morgan fingerprint density at radius 3 is 3.07 bits per heavy atom. The van der Waals surface area contributed by atoms with Crippen molar-refractivity contribution in [3.8, 4) is 0 Å². The zero-order chi connectivity index (χ0) is 10.1. The molecule has 0 saturated carbocycles. The van der Waals surface area contributed by atoms with Gasteiger partial charge in [0.25, 0.3) is 0 Å². The second-order valence-electron chi connectivity index (χ2n) is 3.69. The van der Waals surface area contributed by atoms with E-state index in [1.165, 1.54) is 6.92 Å². The Labute approximate surface area is 82.7 Å². The molecule has 0 radical (unpaired) electrons. The van der Waals surface area contributed by atoms with Gasteiger partial charge in [0.1, 0.15) is 0 Å². The van der Waals surface area contributed by atoms with E-state index < -0.39 is 0 Å². The monoisotopic (exact) mass is 194 g/mol. The molecule has 1 aromatic heterocycles. The number of rotatable bonds is 2. The number of carbonyl (C=O) groups is 1. The minimum absolute atomic E-state index is 0.0366. The molecule has 4 heteroatoms. The molecule has 2 rings (SSSR count). The first kappa shape index (κ1) is 9.27. The highest BCUT2D eigenvalue weighted by molar-refractivity contribution is 5.96. The lowest BCUT2D eigenvalue weighted by Crippen LogP contribution is -2.26. The molecule has 1 atom stereocenters. The maximum atomic E-state index is 11.2. The summed E-state index contributed by atoms with van der Waals surface area (Å²) in [5, 5.41) is 0. The Bertz CT molecular complexity index is 346. The highest BCUT2D eigenvalue weighted by Crippen LogP contribution is 2.25. The molecule has 0 aromatic carbocycles. The van der Waals surface area contributed by atoms with Crippen molar-refractivity contribution in [3.05, 3.63) is 18.1 Å². The quantitative estimate of drug-likeness (QED) is 0.714. The minimum atomic E-state index is -0.0366. The summed E-state index contributed by atoms with van der Waals surface area (Å²) in [6.07, 6.45) is 2.53. The van der Waals surface area contributed by atoms with Crippen molar-refractivity contribution in [3.63, 3.8) is 0 Å². The lowest BCUT2D eigenvalue weighted by atomic mass is 10.2. The number of nitrogens with two attached hydrogens (primary N) is 1. The van der Waals surface area contributed by atoms with Gasteiger partial charge in [-0.15, -0.1) is 0 Å². The van der Waals surface area contributed by atoms with Crippen LogP contribution in [0.1, 0.15) is 23.9 Å². The third-order valence-electron chi connectivity index (χ3n) is 2.53. The molecule has 76 valence electrons. The predicted molar refractivity (Wildman–Crippen MR) is 53.5 cm³/mol. The van der Waals surface area contributed by atoms with Gasteiger partial charge in [0.2, 0.25) is 0 Å². The van der Waals surface area contributed by atoms with Gasteiger partial charge in [-0.1, -0.05) is 0 Å². The predicted octanol–water partition coefficient (Wildman–Crippen LogP) is 1.02. The van der Waals surface area contributed by atoms with Gasteiger partial charge in [-0.3, -0.25) is 4.79 Å². The molecule has 0 bridgehead atoms. The zero-order valence-corrected chi connectivity index (χ0v) is 8.19. The second-order valence-corrected chi connectivity index (χ2v) is 3.69. The average Bonchev–Trinajstić information content (AvgIpc) is 2.70. The SMILES string of the molecule is CC(=O)c1occc1N1CCC(N)C1. The third-order valence-corrected chi connectivity index (χ3v) is 2.53. The van der Waals surface area contributed by atoms with Gasteiger partial charge >= 0.3 is 0 Å². The fourth-order valence-electron chi connectivity index (χ4n) is 1.82. The molecule has 1 unspecified atom stereocenters. The van der Waals surface area contributed by atoms with Crippen molar-refractivity contribution in [2.45, 2.75) is 19.4 Å². The lowest BCUT2D eigenvalue weighted by molar-refractivity contribution is 0.0988. The van der Waals surface area contributed by atoms with Gasteiger partial charge in [-0.05, 0) is 6.42 Å². The summed E-state index contributed by atoms with van der Waals surface area (Å²) in [6.45, 7) is 3.22. The number of ketones is 1. The number of hydrogen-bond acceptors (Lipinski definition) is 4. The Kier molecular flexibility index (Phi) is 2.29. The Morgan fingerprint density at radius 1 is 1.71 bits per heavy atom. The summed E-state index contributed by atoms with van der Waals surface area (Å²) in [5.41, 5.74) is 6.68. The van der Waals surface area contributed by atoms with E-state index >= 15 is 0 Å². The smallest absolute Gasteiger partial charge is 0.197 e. The summed E-state index contributed by atoms with van der Waals surface area (Å²) >= 11 is 0. The van der Waals surface area contributed by atoms with Crippen LogP contribution in [0.4, 0.5) is 5.69 Å². The third kappa shape index (κ3) is 1.53. The number of furan rings is 1. The highest BCUT2D eigenvalue weighted by atomic mass is 16.3. The van der Waals surface area contributed by atoms with E-state index in [-0.39, 0.29) is 11.8 Å². The van der Waals surface area contributed by atoms with Crippen molar-refractivity contribution >= 4 is 11.5 Å². The molecule has 1 fully saturated rings. The van der Waals surface area contributed by atoms with Gasteiger partial charge in [0, 0.05) is 32.1 Å². The first-order chi connectivity index (χ1) is 6.68. The zero-order valence-electron chi connectivity index (χ0n) is 8.19. The molecular formula is C10H14N2O2. The standard InChI is InChI=1S/C10H14N2O2/c1-7(13)10-9(3-5-14-10)12-4-2-8(11)6-12/h3,5,8H,2,4,6,11H2,1H3. The topological polar surface area (TPSA) is 59.5 Å². The summed E-state index contributed by atoms with van der Waals surface area (Å²) in [5.74, 6) is 0.407. The average molecular weight is 194 g/mol. The summed E-state index contributed by atoms with van der Waals surface area (Å²) in [7, 11) is 0. The van der Waals surface area contributed by atoms with E-state index in [0.29, 0.717) is 5.76 Å². The number of carbonyl (C=O) groups excluding carboxylic acids is 1. The molecule has 1 aromatic rings. The highest BCUT2D eigenvalue weighted by Gasteiger charge is 2.24. The van der Waals surface area contributed by atoms with Crippen LogP contribution < -0.4 is 10.6 Å². The van der Waals surface area contributed by atoms with Crippen LogP contribution in [-0.4, -0.2) is 24.9 Å². The molecule has 1 aliphatic rings. The van der Waals surface area contributed by atoms with Gasteiger partial charge in [-0.2, -0.15) is 0 Å². The largest absolute Gasteiger partial charge is 0.459 e. The van der Waals surface area contributed by atoms with Gasteiger partial charge in [0.05, 0.1) is 12.0 Å². The van der Waals surface area contributed by atoms with E-state index in [0.717, 1.165) is 25.2 Å². The minimum Gasteiger partial charge on any atom is -0.459 e.